The summed E-state index contributed by atoms with van der Waals surface area (Å²) >= 11 is 6.22. The topological polar surface area (TPSA) is 43.8 Å². The molecular weight excluding hydrogens is 253 g/mol. The zero-order valence-corrected chi connectivity index (χ0v) is 12.3. The van der Waals surface area contributed by atoms with E-state index in [1.165, 1.54) is 0 Å². The van der Waals surface area contributed by atoms with Gasteiger partial charge in [-0.2, -0.15) is 5.10 Å². The molecule has 0 aliphatic heterocycles. The summed E-state index contributed by atoms with van der Waals surface area (Å²) < 4.78 is 16.0. The summed E-state index contributed by atoms with van der Waals surface area (Å²) in [5.41, 5.74) is 7.23. The molecule has 2 N–H and O–H groups in total. The molecule has 0 aliphatic rings. The fourth-order valence-electron chi connectivity index (χ4n) is 2.22. The second kappa shape index (κ2) is 6.53. The molecule has 0 fully saturated rings. The van der Waals surface area contributed by atoms with Crippen LogP contribution in [-0.2, 0) is 19.9 Å². The van der Waals surface area contributed by atoms with Crippen molar-refractivity contribution in [2.24, 2.45) is 24.6 Å². The molecule has 0 bridgehead atoms. The van der Waals surface area contributed by atoms with Crippen LogP contribution in [0, 0.1) is 11.8 Å². The molecule has 0 spiro atoms. The smallest absolute Gasteiger partial charge is 0.110 e. The molecule has 3 nitrogen and oxygen atoms in total. The maximum absolute atomic E-state index is 14.3. The van der Waals surface area contributed by atoms with Crippen molar-refractivity contribution in [3.63, 3.8) is 0 Å². The summed E-state index contributed by atoms with van der Waals surface area (Å²) in [6, 6.07) is 0. The van der Waals surface area contributed by atoms with Crippen LogP contribution in [0.1, 0.15) is 32.2 Å². The molecule has 2 atom stereocenters. The van der Waals surface area contributed by atoms with E-state index in [-0.39, 0.29) is 18.3 Å². The monoisotopic (exact) mass is 275 g/mol. The van der Waals surface area contributed by atoms with Gasteiger partial charge < -0.3 is 5.73 Å². The highest BCUT2D eigenvalue weighted by molar-refractivity contribution is 6.31. The van der Waals surface area contributed by atoms with E-state index >= 15 is 0 Å². The Bertz CT molecular complexity index is 390. The van der Waals surface area contributed by atoms with Crippen LogP contribution in [0.5, 0.6) is 0 Å². The highest BCUT2D eigenvalue weighted by Crippen LogP contribution is 2.26. The van der Waals surface area contributed by atoms with Gasteiger partial charge in [0, 0.05) is 19.4 Å². The molecule has 0 amide bonds. The predicted molar refractivity (Wildman–Crippen MR) is 73.6 cm³/mol. The number of hydrogen-bond acceptors (Lipinski definition) is 2. The number of aryl methyl sites for hydroxylation is 2. The van der Waals surface area contributed by atoms with Gasteiger partial charge in [-0.3, -0.25) is 4.68 Å². The molecule has 1 heterocycles. The Morgan fingerprint density at radius 1 is 1.44 bits per heavy atom. The van der Waals surface area contributed by atoms with Crippen molar-refractivity contribution in [3.05, 3.63) is 16.4 Å². The molecule has 0 radical (unpaired) electrons. The van der Waals surface area contributed by atoms with E-state index < -0.39 is 6.17 Å². The van der Waals surface area contributed by atoms with Gasteiger partial charge in [-0.25, -0.2) is 4.39 Å². The van der Waals surface area contributed by atoms with Gasteiger partial charge in [0.1, 0.15) is 6.17 Å². The van der Waals surface area contributed by atoms with Crippen LogP contribution in [0.4, 0.5) is 4.39 Å². The van der Waals surface area contributed by atoms with Gasteiger partial charge in [0.05, 0.1) is 16.4 Å². The second-order valence-corrected chi connectivity index (χ2v) is 5.43. The van der Waals surface area contributed by atoms with Crippen LogP contribution in [0.25, 0.3) is 0 Å². The van der Waals surface area contributed by atoms with E-state index in [9.17, 15) is 4.39 Å². The largest absolute Gasteiger partial charge is 0.330 e. The first-order chi connectivity index (χ1) is 8.42. The first kappa shape index (κ1) is 15.4. The Labute approximate surface area is 113 Å². The van der Waals surface area contributed by atoms with E-state index in [4.69, 9.17) is 17.3 Å². The van der Waals surface area contributed by atoms with Crippen molar-refractivity contribution in [1.29, 1.82) is 0 Å². The fraction of sp³-hybridized carbons (Fsp3) is 0.769. The SMILES string of the molecule is CCc1nn(C)c(CC(F)C(CN)C(C)C)c1Cl. The molecule has 1 aromatic rings. The minimum Gasteiger partial charge on any atom is -0.330 e. The van der Waals surface area contributed by atoms with Gasteiger partial charge in [0.2, 0.25) is 0 Å². The maximum atomic E-state index is 14.3. The highest BCUT2D eigenvalue weighted by Gasteiger charge is 2.26. The minimum absolute atomic E-state index is 0.138. The summed E-state index contributed by atoms with van der Waals surface area (Å²) in [7, 11) is 1.81. The number of nitrogens with zero attached hydrogens (tertiary/aromatic N) is 2. The van der Waals surface area contributed by atoms with Gasteiger partial charge in [-0.1, -0.05) is 32.4 Å². The minimum atomic E-state index is -0.979. The third kappa shape index (κ3) is 3.23. The molecule has 0 aromatic carbocycles. The summed E-state index contributed by atoms with van der Waals surface area (Å²) in [4.78, 5) is 0. The van der Waals surface area contributed by atoms with Crippen molar-refractivity contribution in [3.8, 4) is 0 Å². The summed E-state index contributed by atoms with van der Waals surface area (Å²) in [6.45, 7) is 6.33. The predicted octanol–water partition coefficient (Wildman–Crippen LogP) is 2.75. The van der Waals surface area contributed by atoms with Gasteiger partial charge in [0.25, 0.3) is 0 Å². The van der Waals surface area contributed by atoms with Crippen LogP contribution in [0.3, 0.4) is 0 Å². The highest BCUT2D eigenvalue weighted by atomic mass is 35.5. The second-order valence-electron chi connectivity index (χ2n) is 5.05. The molecule has 5 heteroatoms. The molecule has 18 heavy (non-hydrogen) atoms. The Morgan fingerprint density at radius 3 is 2.44 bits per heavy atom. The zero-order chi connectivity index (χ0) is 13.9. The summed E-state index contributed by atoms with van der Waals surface area (Å²) in [5, 5.41) is 4.90. The quantitative estimate of drug-likeness (QED) is 0.868. The number of halogens is 2. The summed E-state index contributed by atoms with van der Waals surface area (Å²) in [5.74, 6) is 0.0868. The first-order valence-corrected chi connectivity index (χ1v) is 6.84. The van der Waals surface area contributed by atoms with Gasteiger partial charge in [0.15, 0.2) is 0 Å². The van der Waals surface area contributed by atoms with E-state index in [0.717, 1.165) is 17.8 Å². The Balaban J connectivity index is 2.87. The van der Waals surface area contributed by atoms with Crippen LogP contribution >= 0.6 is 11.6 Å². The van der Waals surface area contributed by atoms with E-state index in [2.05, 4.69) is 5.10 Å². The van der Waals surface area contributed by atoms with Crippen LogP contribution in [0.2, 0.25) is 5.02 Å². The van der Waals surface area contributed by atoms with Crippen molar-refractivity contribution < 1.29 is 4.39 Å². The number of rotatable bonds is 6. The lowest BCUT2D eigenvalue weighted by Crippen LogP contribution is -2.31. The van der Waals surface area contributed by atoms with Gasteiger partial charge >= 0.3 is 0 Å². The van der Waals surface area contributed by atoms with Gasteiger partial charge in [-0.15, -0.1) is 0 Å². The molecule has 2 unspecified atom stereocenters. The Hall–Kier alpha value is -0.610. The van der Waals surface area contributed by atoms with Gasteiger partial charge in [-0.05, 0) is 18.9 Å². The van der Waals surface area contributed by atoms with Crippen molar-refractivity contribution in [1.82, 2.24) is 9.78 Å². The third-order valence-corrected chi connectivity index (χ3v) is 3.92. The van der Waals surface area contributed by atoms with Crippen LogP contribution in [0.15, 0.2) is 0 Å². The van der Waals surface area contributed by atoms with E-state index in [0.29, 0.717) is 11.6 Å². The average Bonchev–Trinajstić information content (AvgIpc) is 2.56. The molecule has 1 rings (SSSR count). The molecule has 1 aromatic heterocycles. The van der Waals surface area contributed by atoms with E-state index in [1.54, 1.807) is 11.7 Å². The molecule has 0 saturated carbocycles. The Morgan fingerprint density at radius 2 is 2.06 bits per heavy atom. The maximum Gasteiger partial charge on any atom is 0.110 e. The molecule has 0 saturated heterocycles. The zero-order valence-electron chi connectivity index (χ0n) is 11.6. The standard InChI is InChI=1S/C13H23ClFN3/c1-5-11-13(14)12(18(4)17-11)6-10(15)9(7-16)8(2)3/h8-10H,5-7,16H2,1-4H3. The third-order valence-electron chi connectivity index (χ3n) is 3.48. The van der Waals surface area contributed by atoms with Crippen LogP contribution < -0.4 is 5.73 Å². The fourth-order valence-corrected chi connectivity index (χ4v) is 2.59. The number of nitrogens with two attached hydrogens (primary N) is 1. The molecule has 0 aliphatic carbocycles. The molecule has 104 valence electrons. The lowest BCUT2D eigenvalue weighted by atomic mass is 9.89. The van der Waals surface area contributed by atoms with Crippen LogP contribution in [-0.4, -0.2) is 22.5 Å². The number of aromatic nitrogens is 2. The Kier molecular flexibility index (Phi) is 5.60. The molecular formula is C13H23ClFN3. The number of alkyl halides is 1. The van der Waals surface area contributed by atoms with Crippen molar-refractivity contribution in [2.45, 2.75) is 39.8 Å². The summed E-state index contributed by atoms with van der Waals surface area (Å²) in [6.07, 6.45) is 0.0591. The van der Waals surface area contributed by atoms with Crippen molar-refractivity contribution in [2.75, 3.05) is 6.54 Å². The number of hydrogen-bond donors (Lipinski definition) is 1. The normalized spacial score (nSPS) is 15.1. The lowest BCUT2D eigenvalue weighted by Gasteiger charge is -2.23. The first-order valence-electron chi connectivity index (χ1n) is 6.46. The van der Waals surface area contributed by atoms with Crippen molar-refractivity contribution >= 4 is 11.6 Å². The lowest BCUT2D eigenvalue weighted by molar-refractivity contribution is 0.183. The van der Waals surface area contributed by atoms with E-state index in [1.807, 2.05) is 20.8 Å². The average molecular weight is 276 g/mol.